The van der Waals surface area contributed by atoms with Gasteiger partial charge in [0.1, 0.15) is 0 Å². The molecule has 5 rings (SSSR count). The number of hydrogen-bond acceptors (Lipinski definition) is 5. The summed E-state index contributed by atoms with van der Waals surface area (Å²) in [5.74, 6) is 3.04. The predicted octanol–water partition coefficient (Wildman–Crippen LogP) is 1.38. The van der Waals surface area contributed by atoms with Crippen molar-refractivity contribution in [3.8, 4) is 0 Å². The van der Waals surface area contributed by atoms with Crippen LogP contribution in [0.15, 0.2) is 22.5 Å². The molecule has 11 N–H and O–H groups in total. The molecule has 0 saturated heterocycles. The highest BCUT2D eigenvalue weighted by atomic mass is 16.3. The fourth-order valence-corrected chi connectivity index (χ4v) is 9.44. The van der Waals surface area contributed by atoms with Crippen molar-refractivity contribution in [2.45, 2.75) is 89.3 Å². The number of H-pyrrole nitrogens is 1. The van der Waals surface area contributed by atoms with Crippen molar-refractivity contribution in [2.75, 3.05) is 13.1 Å². The van der Waals surface area contributed by atoms with Crippen LogP contribution in [0.3, 0.4) is 0 Å². The molecule has 37 heavy (non-hydrogen) atoms. The maximum absolute atomic E-state index is 10.5. The van der Waals surface area contributed by atoms with Crippen molar-refractivity contribution in [3.63, 3.8) is 0 Å². The summed E-state index contributed by atoms with van der Waals surface area (Å²) in [5.41, 5.74) is 24.4. The largest absolute Gasteiger partial charge is 0.393 e. The first-order valence-corrected chi connectivity index (χ1v) is 14.1. The second kappa shape index (κ2) is 10.1. The molecule has 9 atom stereocenters. The molecular formula is C27H47N9O. The van der Waals surface area contributed by atoms with E-state index in [9.17, 15) is 5.11 Å². The quantitative estimate of drug-likeness (QED) is 0.211. The number of imidazole rings is 1. The van der Waals surface area contributed by atoms with Gasteiger partial charge < -0.3 is 38.3 Å². The van der Waals surface area contributed by atoms with Crippen LogP contribution in [-0.2, 0) is 0 Å². The second-order valence-corrected chi connectivity index (χ2v) is 12.9. The van der Waals surface area contributed by atoms with Crippen molar-refractivity contribution in [1.82, 2.24) is 15.3 Å². The average molecular weight is 514 g/mol. The van der Waals surface area contributed by atoms with Gasteiger partial charge in [-0.15, -0.1) is 0 Å². The molecule has 0 aliphatic heterocycles. The van der Waals surface area contributed by atoms with Gasteiger partial charge in [-0.25, -0.2) is 4.98 Å². The number of fused-ring (bicyclic) bond motifs is 5. The van der Waals surface area contributed by atoms with Crippen LogP contribution in [0.5, 0.6) is 0 Å². The molecule has 0 spiro atoms. The summed E-state index contributed by atoms with van der Waals surface area (Å²) >= 11 is 0. The molecule has 0 amide bonds. The summed E-state index contributed by atoms with van der Waals surface area (Å²) in [7, 11) is 0. The topological polar surface area (TPSA) is 190 Å². The smallest absolute Gasteiger partial charge is 0.185 e. The first-order chi connectivity index (χ1) is 17.6. The predicted molar refractivity (Wildman–Crippen MR) is 147 cm³/mol. The molecule has 206 valence electrons. The number of aliphatic imine (C=N–C) groups is 2. The Bertz CT molecular complexity index is 968. The van der Waals surface area contributed by atoms with Gasteiger partial charge in [-0.3, -0.25) is 9.98 Å². The Morgan fingerprint density at radius 3 is 2.46 bits per heavy atom. The van der Waals surface area contributed by atoms with E-state index >= 15 is 0 Å². The fraction of sp³-hybridized carbons (Fsp3) is 0.815. The van der Waals surface area contributed by atoms with Crippen LogP contribution < -0.4 is 28.3 Å². The lowest BCUT2D eigenvalue weighted by Crippen LogP contribution is -2.63. The van der Waals surface area contributed by atoms with Crippen LogP contribution in [0.4, 0.5) is 0 Å². The van der Waals surface area contributed by atoms with Crippen LogP contribution >= 0.6 is 0 Å². The minimum Gasteiger partial charge on any atom is -0.393 e. The van der Waals surface area contributed by atoms with Gasteiger partial charge >= 0.3 is 0 Å². The molecule has 0 aromatic carbocycles. The third-order valence-corrected chi connectivity index (χ3v) is 10.9. The Balaban J connectivity index is 1.51. The molecule has 1 aromatic rings. The van der Waals surface area contributed by atoms with Gasteiger partial charge in [0.2, 0.25) is 0 Å². The number of aromatic amines is 1. The monoisotopic (exact) mass is 513 g/mol. The zero-order valence-corrected chi connectivity index (χ0v) is 22.4. The highest BCUT2D eigenvalue weighted by Gasteiger charge is 2.63. The van der Waals surface area contributed by atoms with Crippen molar-refractivity contribution in [3.05, 3.63) is 18.2 Å². The van der Waals surface area contributed by atoms with E-state index in [1.165, 1.54) is 31.4 Å². The lowest BCUT2D eigenvalue weighted by Gasteiger charge is -2.63. The van der Waals surface area contributed by atoms with Crippen molar-refractivity contribution in [1.29, 1.82) is 0 Å². The first-order valence-electron chi connectivity index (χ1n) is 14.1. The molecule has 1 heterocycles. The van der Waals surface area contributed by atoms with E-state index in [0.717, 1.165) is 25.7 Å². The van der Waals surface area contributed by atoms with E-state index in [2.05, 4.69) is 39.1 Å². The SMILES string of the molecule is C[C@]12CC[C@H](O)C[C@@H]1CC[C@@H]1[C@@H]2[C@@H](NC(CN=C(N)N)CN=C(N)N)C[C@]2(C)[C@@H](c3cnc[nH]3)CC[C@@H]12. The molecule has 0 bridgehead atoms. The Morgan fingerprint density at radius 2 is 1.81 bits per heavy atom. The highest BCUT2D eigenvalue weighted by Crippen LogP contribution is 2.68. The van der Waals surface area contributed by atoms with Gasteiger partial charge in [0.05, 0.1) is 25.5 Å². The molecular weight excluding hydrogens is 466 g/mol. The van der Waals surface area contributed by atoms with E-state index in [1.807, 2.05) is 12.5 Å². The maximum Gasteiger partial charge on any atom is 0.185 e. The van der Waals surface area contributed by atoms with Crippen molar-refractivity contribution >= 4 is 11.9 Å². The summed E-state index contributed by atoms with van der Waals surface area (Å²) in [6.45, 7) is 5.88. The molecule has 4 aliphatic carbocycles. The highest BCUT2D eigenvalue weighted by molar-refractivity contribution is 5.76. The lowest BCUT2D eigenvalue weighted by atomic mass is 9.43. The van der Waals surface area contributed by atoms with Crippen molar-refractivity contribution < 1.29 is 5.11 Å². The number of aliphatic hydroxyl groups excluding tert-OH is 1. The van der Waals surface area contributed by atoms with Gasteiger partial charge in [0.25, 0.3) is 0 Å². The minimum atomic E-state index is -0.164. The number of nitrogens with one attached hydrogen (secondary N) is 2. The van der Waals surface area contributed by atoms with Crippen LogP contribution in [0.2, 0.25) is 0 Å². The number of guanidine groups is 2. The molecule has 0 unspecified atom stereocenters. The van der Waals surface area contributed by atoms with Crippen LogP contribution in [0.1, 0.15) is 76.8 Å². The van der Waals surface area contributed by atoms with Gasteiger partial charge in [0, 0.05) is 29.9 Å². The minimum absolute atomic E-state index is 0.0693. The molecule has 0 radical (unpaired) electrons. The van der Waals surface area contributed by atoms with Gasteiger partial charge in [-0.05, 0) is 85.9 Å². The summed E-state index contributed by atoms with van der Waals surface area (Å²) in [6, 6.07) is 0.214. The lowest BCUT2D eigenvalue weighted by molar-refractivity contribution is -0.138. The van der Waals surface area contributed by atoms with Gasteiger partial charge in [-0.1, -0.05) is 13.8 Å². The van der Waals surface area contributed by atoms with E-state index in [0.29, 0.717) is 42.7 Å². The summed E-state index contributed by atoms with van der Waals surface area (Å²) in [4.78, 5) is 16.5. The second-order valence-electron chi connectivity index (χ2n) is 12.9. The Hall–Kier alpha value is -2.33. The average Bonchev–Trinajstić information content (AvgIpc) is 3.48. The third kappa shape index (κ3) is 4.82. The molecule has 4 aliphatic rings. The number of nitrogens with zero attached hydrogens (tertiary/aromatic N) is 3. The number of aliphatic hydroxyl groups is 1. The zero-order valence-electron chi connectivity index (χ0n) is 22.4. The fourth-order valence-electron chi connectivity index (χ4n) is 9.44. The van der Waals surface area contributed by atoms with E-state index < -0.39 is 0 Å². The molecule has 10 heteroatoms. The Labute approximate surface area is 220 Å². The Morgan fingerprint density at radius 1 is 1.08 bits per heavy atom. The maximum atomic E-state index is 10.5. The van der Waals surface area contributed by atoms with Gasteiger partial charge in [-0.2, -0.15) is 0 Å². The van der Waals surface area contributed by atoms with E-state index in [1.54, 1.807) is 0 Å². The van der Waals surface area contributed by atoms with Crippen LogP contribution in [-0.4, -0.2) is 58.3 Å². The van der Waals surface area contributed by atoms with Crippen LogP contribution in [0, 0.1) is 34.5 Å². The van der Waals surface area contributed by atoms with Crippen LogP contribution in [0.25, 0.3) is 0 Å². The van der Waals surface area contributed by atoms with E-state index in [4.69, 9.17) is 22.9 Å². The molecule has 10 nitrogen and oxygen atoms in total. The number of hydrogen-bond donors (Lipinski definition) is 7. The third-order valence-electron chi connectivity index (χ3n) is 10.9. The summed E-state index contributed by atoms with van der Waals surface area (Å²) in [5, 5.41) is 14.6. The molecule has 1 aromatic heterocycles. The van der Waals surface area contributed by atoms with E-state index in [-0.39, 0.29) is 40.9 Å². The zero-order chi connectivity index (χ0) is 26.4. The standard InChI is InChI=1S/C27H47N9O/c1-26-8-7-17(37)9-15(26)3-4-18-19-5-6-20(22-13-32-14-35-22)27(19,2)10-21(23(18)26)36-16(11-33-24(28)29)12-34-25(30)31/h13-21,23,36-37H,3-12H2,1-2H3,(H,32,35)(H4,28,29,33)(H4,30,31,34)/t15-,17-,18-,19-,20+,21-,23+,26-,27-/m0/s1. The first kappa shape index (κ1) is 26.3. The number of nitrogens with two attached hydrogens (primary N) is 4. The van der Waals surface area contributed by atoms with Crippen molar-refractivity contribution in [2.24, 2.45) is 67.4 Å². The van der Waals surface area contributed by atoms with Gasteiger partial charge in [0.15, 0.2) is 11.9 Å². The number of rotatable bonds is 7. The number of aromatic nitrogens is 2. The summed E-state index contributed by atoms with van der Waals surface area (Å²) < 4.78 is 0. The molecule has 4 saturated carbocycles. The molecule has 4 fully saturated rings. The summed E-state index contributed by atoms with van der Waals surface area (Å²) in [6.07, 6.45) is 12.6. The Kier molecular flexibility index (Phi) is 7.17. The normalized spacial score (nSPS) is 40.9.